The second-order valence-corrected chi connectivity index (χ2v) is 5.14. The Morgan fingerprint density at radius 1 is 1.23 bits per heavy atom. The van der Waals surface area contributed by atoms with Gasteiger partial charge in [-0.2, -0.15) is 5.10 Å². The lowest BCUT2D eigenvalue weighted by Crippen LogP contribution is -2.32. The summed E-state index contributed by atoms with van der Waals surface area (Å²) < 4.78 is 0. The minimum Gasteiger partial charge on any atom is -0.331 e. The van der Waals surface area contributed by atoms with Crippen LogP contribution in [0.1, 0.15) is 24.9 Å². The molecule has 0 spiro atoms. The molecule has 0 radical (unpaired) electrons. The number of hydrogen-bond donors (Lipinski definition) is 3. The number of benzene rings is 2. The zero-order valence-corrected chi connectivity index (χ0v) is 12.3. The maximum atomic E-state index is 12.2. The topological polar surface area (TPSA) is 69.8 Å². The van der Waals surface area contributed by atoms with Crippen LogP contribution in [-0.4, -0.2) is 16.2 Å². The largest absolute Gasteiger partial charge is 0.331 e. The molecule has 1 heterocycles. The molecule has 0 bridgehead atoms. The van der Waals surface area contributed by atoms with Gasteiger partial charge in [-0.3, -0.25) is 5.10 Å². The van der Waals surface area contributed by atoms with Gasteiger partial charge in [0.1, 0.15) is 0 Å². The Bertz CT molecular complexity index is 766. The minimum absolute atomic E-state index is 0.00106. The van der Waals surface area contributed by atoms with E-state index in [1.165, 1.54) is 0 Å². The number of rotatable bonds is 4. The Kier molecular flexibility index (Phi) is 4.05. The predicted octanol–water partition coefficient (Wildman–Crippen LogP) is 3.84. The SMILES string of the molecule is CCC(NC(=O)Nc1ccc2[nH]ncc2c1)c1ccccc1. The van der Waals surface area contributed by atoms with Crippen LogP contribution in [0, 0.1) is 0 Å². The highest BCUT2D eigenvalue weighted by Gasteiger charge is 2.12. The van der Waals surface area contributed by atoms with Gasteiger partial charge in [-0.15, -0.1) is 0 Å². The van der Waals surface area contributed by atoms with E-state index in [0.29, 0.717) is 0 Å². The fourth-order valence-corrected chi connectivity index (χ4v) is 2.45. The second kappa shape index (κ2) is 6.30. The lowest BCUT2D eigenvalue weighted by Gasteiger charge is -2.18. The van der Waals surface area contributed by atoms with Gasteiger partial charge in [-0.05, 0) is 30.2 Å². The van der Waals surface area contributed by atoms with Crippen LogP contribution in [0.15, 0.2) is 54.7 Å². The monoisotopic (exact) mass is 294 g/mol. The molecule has 0 saturated heterocycles. The van der Waals surface area contributed by atoms with Crippen molar-refractivity contribution in [3.63, 3.8) is 0 Å². The van der Waals surface area contributed by atoms with Crippen molar-refractivity contribution in [2.45, 2.75) is 19.4 Å². The molecular formula is C17H18N4O. The Balaban J connectivity index is 1.68. The van der Waals surface area contributed by atoms with Gasteiger partial charge in [-0.25, -0.2) is 4.79 Å². The molecule has 1 unspecified atom stereocenters. The van der Waals surface area contributed by atoms with Gasteiger partial charge in [0.25, 0.3) is 0 Å². The number of nitrogens with one attached hydrogen (secondary N) is 3. The summed E-state index contributed by atoms with van der Waals surface area (Å²) in [5.74, 6) is 0. The number of fused-ring (bicyclic) bond motifs is 1. The average Bonchev–Trinajstić information content (AvgIpc) is 3.01. The third-order valence-corrected chi connectivity index (χ3v) is 3.61. The number of urea groups is 1. The molecule has 5 heteroatoms. The molecule has 0 aliphatic heterocycles. The zero-order valence-electron chi connectivity index (χ0n) is 12.3. The smallest absolute Gasteiger partial charge is 0.319 e. The number of nitrogens with zero attached hydrogens (tertiary/aromatic N) is 1. The highest BCUT2D eigenvalue weighted by Crippen LogP contribution is 2.18. The molecular weight excluding hydrogens is 276 g/mol. The summed E-state index contributed by atoms with van der Waals surface area (Å²) in [5, 5.41) is 13.7. The molecule has 3 rings (SSSR count). The van der Waals surface area contributed by atoms with Crippen LogP contribution in [0.4, 0.5) is 10.5 Å². The number of amides is 2. The van der Waals surface area contributed by atoms with Crippen molar-refractivity contribution in [2.75, 3.05) is 5.32 Å². The first kappa shape index (κ1) is 14.1. The van der Waals surface area contributed by atoms with E-state index in [2.05, 4.69) is 27.8 Å². The molecule has 1 aromatic heterocycles. The molecule has 0 saturated carbocycles. The summed E-state index contributed by atoms with van der Waals surface area (Å²) in [7, 11) is 0. The summed E-state index contributed by atoms with van der Waals surface area (Å²) in [5.41, 5.74) is 2.79. The number of carbonyl (C=O) groups excluding carboxylic acids is 1. The van der Waals surface area contributed by atoms with E-state index in [9.17, 15) is 4.79 Å². The van der Waals surface area contributed by atoms with E-state index >= 15 is 0 Å². The summed E-state index contributed by atoms with van der Waals surface area (Å²) >= 11 is 0. The van der Waals surface area contributed by atoms with Crippen LogP contribution >= 0.6 is 0 Å². The predicted molar refractivity (Wildman–Crippen MR) is 87.7 cm³/mol. The Morgan fingerprint density at radius 3 is 2.82 bits per heavy atom. The lowest BCUT2D eigenvalue weighted by atomic mass is 10.1. The van der Waals surface area contributed by atoms with Crippen molar-refractivity contribution in [2.24, 2.45) is 0 Å². The van der Waals surface area contributed by atoms with Crippen LogP contribution in [-0.2, 0) is 0 Å². The van der Waals surface area contributed by atoms with Gasteiger partial charge in [0.05, 0.1) is 17.8 Å². The van der Waals surface area contributed by atoms with E-state index in [-0.39, 0.29) is 12.1 Å². The maximum absolute atomic E-state index is 12.2. The quantitative estimate of drug-likeness (QED) is 0.684. The number of H-pyrrole nitrogens is 1. The maximum Gasteiger partial charge on any atom is 0.319 e. The minimum atomic E-state index is -0.210. The first-order valence-corrected chi connectivity index (χ1v) is 7.32. The van der Waals surface area contributed by atoms with E-state index in [1.807, 2.05) is 48.5 Å². The van der Waals surface area contributed by atoms with E-state index in [0.717, 1.165) is 28.6 Å². The molecule has 3 aromatic rings. The first-order chi connectivity index (χ1) is 10.8. The molecule has 3 N–H and O–H groups in total. The fourth-order valence-electron chi connectivity index (χ4n) is 2.45. The standard InChI is InChI=1S/C17H18N4O/c1-2-15(12-6-4-3-5-7-12)20-17(22)19-14-8-9-16-13(10-14)11-18-21-16/h3-11,15H,2H2,1H3,(H,18,21)(H2,19,20,22). The van der Waals surface area contributed by atoms with Gasteiger partial charge in [-0.1, -0.05) is 37.3 Å². The molecule has 2 amide bonds. The summed E-state index contributed by atoms with van der Waals surface area (Å²) in [4.78, 5) is 12.2. The van der Waals surface area contributed by atoms with Crippen molar-refractivity contribution in [1.82, 2.24) is 15.5 Å². The van der Waals surface area contributed by atoms with Crippen LogP contribution in [0.2, 0.25) is 0 Å². The van der Waals surface area contributed by atoms with E-state index < -0.39 is 0 Å². The fraction of sp³-hybridized carbons (Fsp3) is 0.176. The molecule has 22 heavy (non-hydrogen) atoms. The second-order valence-electron chi connectivity index (χ2n) is 5.14. The number of anilines is 1. The van der Waals surface area contributed by atoms with Crippen LogP contribution in [0.5, 0.6) is 0 Å². The van der Waals surface area contributed by atoms with Crippen LogP contribution in [0.3, 0.4) is 0 Å². The van der Waals surface area contributed by atoms with Gasteiger partial charge in [0.15, 0.2) is 0 Å². The van der Waals surface area contributed by atoms with Crippen molar-refractivity contribution in [3.8, 4) is 0 Å². The summed E-state index contributed by atoms with van der Waals surface area (Å²) in [6.07, 6.45) is 2.56. The zero-order chi connectivity index (χ0) is 15.4. The van der Waals surface area contributed by atoms with Gasteiger partial charge in [0.2, 0.25) is 0 Å². The lowest BCUT2D eigenvalue weighted by molar-refractivity contribution is 0.248. The van der Waals surface area contributed by atoms with Crippen LogP contribution in [0.25, 0.3) is 10.9 Å². The van der Waals surface area contributed by atoms with Gasteiger partial charge < -0.3 is 10.6 Å². The van der Waals surface area contributed by atoms with Crippen molar-refractivity contribution in [3.05, 3.63) is 60.3 Å². The molecule has 0 fully saturated rings. The van der Waals surface area contributed by atoms with Crippen molar-refractivity contribution in [1.29, 1.82) is 0 Å². The average molecular weight is 294 g/mol. The number of aromatic amines is 1. The first-order valence-electron chi connectivity index (χ1n) is 7.32. The number of carbonyl (C=O) groups is 1. The Morgan fingerprint density at radius 2 is 2.05 bits per heavy atom. The molecule has 0 aliphatic rings. The van der Waals surface area contributed by atoms with Crippen molar-refractivity contribution >= 4 is 22.6 Å². The highest BCUT2D eigenvalue weighted by molar-refractivity contribution is 5.92. The molecule has 0 aliphatic carbocycles. The van der Waals surface area contributed by atoms with Gasteiger partial charge in [0, 0.05) is 11.1 Å². The summed E-state index contributed by atoms with van der Waals surface area (Å²) in [6, 6.07) is 15.4. The molecule has 112 valence electrons. The van der Waals surface area contributed by atoms with Crippen LogP contribution < -0.4 is 10.6 Å². The molecule has 2 aromatic carbocycles. The normalized spacial score (nSPS) is 12.0. The summed E-state index contributed by atoms with van der Waals surface area (Å²) in [6.45, 7) is 2.05. The molecule has 5 nitrogen and oxygen atoms in total. The number of aromatic nitrogens is 2. The number of hydrogen-bond acceptors (Lipinski definition) is 2. The van der Waals surface area contributed by atoms with E-state index in [1.54, 1.807) is 6.20 Å². The van der Waals surface area contributed by atoms with Crippen molar-refractivity contribution < 1.29 is 4.79 Å². The Labute approximate surface area is 128 Å². The third kappa shape index (κ3) is 3.09. The van der Waals surface area contributed by atoms with Gasteiger partial charge >= 0.3 is 6.03 Å². The Hall–Kier alpha value is -2.82. The molecule has 1 atom stereocenters. The van der Waals surface area contributed by atoms with E-state index in [4.69, 9.17) is 0 Å². The third-order valence-electron chi connectivity index (χ3n) is 3.61. The highest BCUT2D eigenvalue weighted by atomic mass is 16.2.